The van der Waals surface area contributed by atoms with Crippen LogP contribution in [0.5, 0.6) is 5.75 Å². The van der Waals surface area contributed by atoms with Gasteiger partial charge in [0.2, 0.25) is 5.91 Å². The predicted molar refractivity (Wildman–Crippen MR) is 171 cm³/mol. The second-order valence-electron chi connectivity index (χ2n) is 13.6. The number of nitrogens with zero attached hydrogens (tertiary/aromatic N) is 2. The van der Waals surface area contributed by atoms with Gasteiger partial charge in [0.05, 0.1) is 50.5 Å². The van der Waals surface area contributed by atoms with Gasteiger partial charge in [0.1, 0.15) is 5.75 Å². The number of methoxy groups -OCH3 is 1. The number of ether oxygens (including phenoxy) is 3. The summed E-state index contributed by atoms with van der Waals surface area (Å²) in [5.41, 5.74) is 5.11. The highest BCUT2D eigenvalue weighted by atomic mass is 32.2. The maximum absolute atomic E-state index is 14.7. The van der Waals surface area contributed by atoms with Gasteiger partial charge in [-0.2, -0.15) is 13.2 Å². The Bertz CT molecular complexity index is 1720. The molecule has 47 heavy (non-hydrogen) atoms. The van der Waals surface area contributed by atoms with E-state index in [1.807, 2.05) is 23.1 Å². The van der Waals surface area contributed by atoms with Crippen LogP contribution >= 0.6 is 11.9 Å². The Morgan fingerprint density at radius 3 is 2.68 bits per heavy atom. The zero-order valence-corrected chi connectivity index (χ0v) is 27.1. The Morgan fingerprint density at radius 1 is 1.09 bits per heavy atom. The first kappa shape index (κ1) is 31.1. The molecule has 1 N–H and O–H groups in total. The lowest BCUT2D eigenvalue weighted by Gasteiger charge is -2.35. The minimum atomic E-state index is -4.28. The molecule has 12 heteroatoms. The van der Waals surface area contributed by atoms with Crippen molar-refractivity contribution in [3.05, 3.63) is 53.1 Å². The number of hydrogen-bond donors (Lipinski definition) is 1. The molecule has 5 aliphatic rings. The van der Waals surface area contributed by atoms with Gasteiger partial charge >= 0.3 is 6.18 Å². The molecule has 8 nitrogen and oxygen atoms in total. The molecule has 0 radical (unpaired) electrons. The van der Waals surface area contributed by atoms with Crippen molar-refractivity contribution in [2.45, 2.75) is 81.8 Å². The molecule has 1 aromatic heterocycles. The van der Waals surface area contributed by atoms with Gasteiger partial charge in [-0.3, -0.25) is 14.3 Å². The highest BCUT2D eigenvalue weighted by Crippen LogP contribution is 2.66. The number of fused-ring (bicyclic) bond motifs is 9. The van der Waals surface area contributed by atoms with Crippen LogP contribution in [0.25, 0.3) is 22.2 Å². The van der Waals surface area contributed by atoms with Crippen molar-refractivity contribution in [2.24, 2.45) is 5.41 Å². The number of aromatic nitrogens is 1. The van der Waals surface area contributed by atoms with E-state index >= 15 is 0 Å². The van der Waals surface area contributed by atoms with Crippen molar-refractivity contribution in [1.82, 2.24) is 14.2 Å². The summed E-state index contributed by atoms with van der Waals surface area (Å²) in [4.78, 5) is 29.9. The van der Waals surface area contributed by atoms with E-state index in [4.69, 9.17) is 14.2 Å². The number of rotatable bonds is 7. The Labute approximate surface area is 275 Å². The Balaban J connectivity index is 1.26. The first-order chi connectivity index (χ1) is 22.7. The molecule has 250 valence electrons. The normalized spacial score (nSPS) is 26.7. The first-order valence-electron chi connectivity index (χ1n) is 16.5. The van der Waals surface area contributed by atoms with Crippen molar-refractivity contribution >= 4 is 34.7 Å². The zero-order valence-electron chi connectivity index (χ0n) is 26.2. The third-order valence-corrected chi connectivity index (χ3v) is 11.6. The van der Waals surface area contributed by atoms with Crippen LogP contribution in [0.15, 0.2) is 36.4 Å². The number of halogens is 3. The largest absolute Gasteiger partial charge is 0.497 e. The molecule has 2 bridgehead atoms. The molecule has 4 heterocycles. The molecular formula is C35H38F3N3O5S. The molecule has 2 aliphatic carbocycles. The molecule has 3 aromatic rings. The average Bonchev–Trinajstić information content (AvgIpc) is 3.67. The molecule has 2 saturated carbocycles. The maximum Gasteiger partial charge on any atom is 0.389 e. The van der Waals surface area contributed by atoms with Gasteiger partial charge in [-0.1, -0.05) is 25.3 Å². The Morgan fingerprint density at radius 2 is 1.91 bits per heavy atom. The van der Waals surface area contributed by atoms with E-state index < -0.39 is 30.1 Å². The first-order valence-corrected chi connectivity index (χ1v) is 17.5. The van der Waals surface area contributed by atoms with E-state index in [0.29, 0.717) is 44.3 Å². The van der Waals surface area contributed by atoms with Crippen molar-refractivity contribution in [1.29, 1.82) is 0 Å². The highest BCUT2D eigenvalue weighted by Gasteiger charge is 2.65. The van der Waals surface area contributed by atoms with Crippen LogP contribution in [0, 0.1) is 5.41 Å². The molecule has 8 rings (SSSR count). The maximum atomic E-state index is 14.7. The lowest BCUT2D eigenvalue weighted by molar-refractivity contribution is -0.155. The highest BCUT2D eigenvalue weighted by molar-refractivity contribution is 7.97. The number of benzene rings is 2. The Hall–Kier alpha value is -3.22. The number of amides is 2. The van der Waals surface area contributed by atoms with Crippen molar-refractivity contribution < 1.29 is 37.0 Å². The summed E-state index contributed by atoms with van der Waals surface area (Å²) in [5.74, 6) is 0.453. The van der Waals surface area contributed by atoms with Crippen LogP contribution in [-0.2, 0) is 20.8 Å². The second kappa shape index (κ2) is 11.7. The van der Waals surface area contributed by atoms with E-state index in [0.717, 1.165) is 71.1 Å². The summed E-state index contributed by atoms with van der Waals surface area (Å²) in [6.07, 6.45) is 0.667. The van der Waals surface area contributed by atoms with Crippen LogP contribution in [0.4, 0.5) is 13.2 Å². The quantitative estimate of drug-likeness (QED) is 0.221. The van der Waals surface area contributed by atoms with Crippen molar-refractivity contribution in [3.8, 4) is 17.0 Å². The lowest BCUT2D eigenvalue weighted by atomic mass is 9.81. The summed E-state index contributed by atoms with van der Waals surface area (Å²) in [5, 5.41) is 1.06. The molecular weight excluding hydrogens is 631 g/mol. The second-order valence-corrected chi connectivity index (χ2v) is 14.5. The molecule has 4 fully saturated rings. The minimum absolute atomic E-state index is 0.00647. The summed E-state index contributed by atoms with van der Waals surface area (Å²) >= 11 is 0.765. The van der Waals surface area contributed by atoms with Gasteiger partial charge < -0.3 is 23.7 Å². The fourth-order valence-electron chi connectivity index (χ4n) is 8.50. The summed E-state index contributed by atoms with van der Waals surface area (Å²) in [7, 11) is 1.66. The minimum Gasteiger partial charge on any atom is -0.497 e. The van der Waals surface area contributed by atoms with Gasteiger partial charge in [-0.15, -0.1) is 0 Å². The molecule has 2 aromatic carbocycles. The van der Waals surface area contributed by atoms with Gasteiger partial charge in [-0.05, 0) is 78.6 Å². The summed E-state index contributed by atoms with van der Waals surface area (Å²) < 4.78 is 60.3. The third kappa shape index (κ3) is 5.31. The summed E-state index contributed by atoms with van der Waals surface area (Å²) in [6, 6.07) is 11.7. The number of alkyl halides is 3. The van der Waals surface area contributed by atoms with Crippen LogP contribution in [0.3, 0.4) is 0 Å². The van der Waals surface area contributed by atoms with E-state index in [9.17, 15) is 22.8 Å². The fourth-order valence-corrected chi connectivity index (χ4v) is 9.18. The van der Waals surface area contributed by atoms with Crippen molar-refractivity contribution in [2.75, 3.05) is 32.7 Å². The fraction of sp³-hybridized carbons (Fsp3) is 0.543. The molecule has 4 unspecified atom stereocenters. The lowest BCUT2D eigenvalue weighted by Crippen LogP contribution is -2.53. The molecule has 2 amide bonds. The number of nitrogens with one attached hydrogen (secondary N) is 1. The topological polar surface area (TPSA) is 82.0 Å². The van der Waals surface area contributed by atoms with Crippen molar-refractivity contribution in [3.63, 3.8) is 0 Å². The van der Waals surface area contributed by atoms with Gasteiger partial charge in [-0.25, -0.2) is 0 Å². The van der Waals surface area contributed by atoms with Gasteiger partial charge in [0.25, 0.3) is 5.91 Å². The number of hydrogen-bond acceptors (Lipinski definition) is 6. The third-order valence-electron chi connectivity index (χ3n) is 10.9. The molecule has 0 spiro atoms. The smallest absolute Gasteiger partial charge is 0.389 e. The monoisotopic (exact) mass is 669 g/mol. The van der Waals surface area contributed by atoms with Crippen LogP contribution < -0.4 is 9.46 Å². The average molecular weight is 670 g/mol. The summed E-state index contributed by atoms with van der Waals surface area (Å²) in [6.45, 7) is 1.73. The number of morpholine rings is 1. The van der Waals surface area contributed by atoms with E-state index in [1.54, 1.807) is 13.2 Å². The van der Waals surface area contributed by atoms with Gasteiger partial charge in [0, 0.05) is 40.2 Å². The van der Waals surface area contributed by atoms with E-state index in [2.05, 4.69) is 21.4 Å². The van der Waals surface area contributed by atoms with Crippen LogP contribution in [-0.4, -0.2) is 72.4 Å². The SMILES string of the molecule is COc1ccc2c(c1)C1CC1(C(=O)N1C3COCC1OC3)Cn1c-2c(C2CCCCC2)c2ccc(C(=O)NSCCC(F)(F)F)cc21. The number of carbonyl (C=O) groups excluding carboxylic acids is 2. The van der Waals surface area contributed by atoms with E-state index in [1.165, 1.54) is 12.0 Å². The molecule has 2 saturated heterocycles. The predicted octanol–water partition coefficient (Wildman–Crippen LogP) is 6.77. The molecule has 4 atom stereocenters. The number of carbonyl (C=O) groups is 2. The molecule has 3 aliphatic heterocycles. The van der Waals surface area contributed by atoms with Crippen LogP contribution in [0.1, 0.15) is 78.3 Å². The zero-order chi connectivity index (χ0) is 32.5. The van der Waals surface area contributed by atoms with Crippen LogP contribution in [0.2, 0.25) is 0 Å². The van der Waals surface area contributed by atoms with Gasteiger partial charge in [0.15, 0.2) is 6.23 Å². The standard InChI is InChI=1S/C35H38F3N3O5S/c1-44-23-8-10-24-26(14-23)27-15-34(27,33(43)41-22-16-45-18-29(41)46-17-22)19-40-28-13-21(32(42)39-47-12-11-35(36,37)38)7-9-25(28)30(31(24)40)20-5-3-2-4-6-20/h7-10,13-14,20,22,27,29H,2-6,11-12,15-19H2,1H3,(H,39,42). The van der Waals surface area contributed by atoms with E-state index in [-0.39, 0.29) is 23.6 Å². The Kier molecular flexibility index (Phi) is 7.76.